The Morgan fingerprint density at radius 2 is 1.52 bits per heavy atom. The maximum atomic E-state index is 10.4. The molecule has 0 saturated carbocycles. The smallest absolute Gasteiger partial charge is 0.160 e. The first-order valence-corrected chi connectivity index (χ1v) is 11.2. The molecule has 0 aliphatic heterocycles. The van der Waals surface area contributed by atoms with E-state index in [4.69, 9.17) is 4.98 Å². The number of nitrogens with zero attached hydrogens (tertiary/aromatic N) is 3. The van der Waals surface area contributed by atoms with Crippen LogP contribution in [0.1, 0.15) is 29.0 Å². The molecular weight excluding hydrogens is 408 g/mol. The van der Waals surface area contributed by atoms with Gasteiger partial charge in [0, 0.05) is 29.7 Å². The van der Waals surface area contributed by atoms with E-state index in [-0.39, 0.29) is 11.7 Å². The van der Waals surface area contributed by atoms with Gasteiger partial charge in [0.25, 0.3) is 0 Å². The van der Waals surface area contributed by atoms with Gasteiger partial charge in [-0.3, -0.25) is 0 Å². The minimum Gasteiger partial charge on any atom is -0.507 e. The average molecular weight is 435 g/mol. The number of phenolic OH excluding ortho intramolecular Hbond substituents is 1. The van der Waals surface area contributed by atoms with E-state index >= 15 is 0 Å². The highest BCUT2D eigenvalue weighted by Crippen LogP contribution is 2.31. The van der Waals surface area contributed by atoms with E-state index in [9.17, 15) is 5.11 Å². The number of benzene rings is 3. The fourth-order valence-electron chi connectivity index (χ4n) is 4.27. The summed E-state index contributed by atoms with van der Waals surface area (Å²) in [5, 5.41) is 18.5. The molecule has 5 rings (SSSR count). The number of nitrogens with one attached hydrogen (secondary N) is 1. The number of anilines is 1. The third-order valence-electron chi connectivity index (χ3n) is 5.97. The van der Waals surface area contributed by atoms with Crippen molar-refractivity contribution in [2.24, 2.45) is 0 Å². The Kier molecular flexibility index (Phi) is 5.77. The lowest BCUT2D eigenvalue weighted by Crippen LogP contribution is -2.12. The minimum absolute atomic E-state index is 0.214. The van der Waals surface area contributed by atoms with Crippen LogP contribution in [0.25, 0.3) is 16.9 Å². The zero-order valence-corrected chi connectivity index (χ0v) is 18.5. The van der Waals surface area contributed by atoms with Gasteiger partial charge in [0.15, 0.2) is 5.65 Å². The van der Waals surface area contributed by atoms with Crippen LogP contribution < -0.4 is 5.32 Å². The molecule has 0 fully saturated rings. The molecule has 33 heavy (non-hydrogen) atoms. The van der Waals surface area contributed by atoms with E-state index in [0.29, 0.717) is 5.56 Å². The topological polar surface area (TPSA) is 62.5 Å². The Labute approximate surface area is 193 Å². The van der Waals surface area contributed by atoms with Crippen LogP contribution in [0.5, 0.6) is 5.75 Å². The van der Waals surface area contributed by atoms with Crippen molar-refractivity contribution >= 4 is 11.5 Å². The second-order valence-electron chi connectivity index (χ2n) is 8.20. The van der Waals surface area contributed by atoms with Crippen molar-refractivity contribution in [3.05, 3.63) is 114 Å². The minimum atomic E-state index is 0.214. The molecule has 164 valence electrons. The largest absolute Gasteiger partial charge is 0.507 e. The predicted octanol–water partition coefficient (Wildman–Crippen LogP) is 6.04. The van der Waals surface area contributed by atoms with Crippen molar-refractivity contribution in [1.29, 1.82) is 0 Å². The van der Waals surface area contributed by atoms with Crippen LogP contribution in [0.15, 0.2) is 97.2 Å². The normalized spacial score (nSPS) is 11.2. The SMILES string of the molecule is Cc1cnn2c(NCCC(c3ccccc3)c3ccccc3)cc(-c3ccccc3O)nc12. The van der Waals surface area contributed by atoms with Gasteiger partial charge in [0.05, 0.1) is 11.9 Å². The lowest BCUT2D eigenvalue weighted by Gasteiger charge is -2.19. The van der Waals surface area contributed by atoms with Crippen LogP contribution in [-0.4, -0.2) is 26.2 Å². The number of rotatable bonds is 7. The molecule has 0 atom stereocenters. The summed E-state index contributed by atoms with van der Waals surface area (Å²) >= 11 is 0. The first-order valence-electron chi connectivity index (χ1n) is 11.2. The first-order chi connectivity index (χ1) is 16.2. The number of fused-ring (bicyclic) bond motifs is 1. The maximum absolute atomic E-state index is 10.4. The zero-order valence-electron chi connectivity index (χ0n) is 18.5. The lowest BCUT2D eigenvalue weighted by molar-refractivity contribution is 0.477. The van der Waals surface area contributed by atoms with Crippen LogP contribution in [0.3, 0.4) is 0 Å². The van der Waals surface area contributed by atoms with Gasteiger partial charge < -0.3 is 10.4 Å². The van der Waals surface area contributed by atoms with Crippen molar-refractivity contribution in [2.45, 2.75) is 19.3 Å². The van der Waals surface area contributed by atoms with Crippen molar-refractivity contribution < 1.29 is 5.11 Å². The molecule has 2 heterocycles. The summed E-state index contributed by atoms with van der Waals surface area (Å²) in [4.78, 5) is 4.77. The number of aromatic nitrogens is 3. The number of aryl methyl sites for hydroxylation is 1. The lowest BCUT2D eigenvalue weighted by atomic mass is 9.88. The molecule has 0 radical (unpaired) electrons. The summed E-state index contributed by atoms with van der Waals surface area (Å²) in [7, 11) is 0. The molecular formula is C28H26N4O. The summed E-state index contributed by atoms with van der Waals surface area (Å²) in [6.07, 6.45) is 2.74. The number of hydrogen-bond acceptors (Lipinski definition) is 4. The fraction of sp³-hybridized carbons (Fsp3) is 0.143. The molecule has 0 amide bonds. The number of para-hydroxylation sites is 1. The molecule has 0 spiro atoms. The molecule has 5 nitrogen and oxygen atoms in total. The number of phenols is 1. The van der Waals surface area contributed by atoms with Crippen LogP contribution in [0, 0.1) is 6.92 Å². The molecule has 0 saturated heterocycles. The predicted molar refractivity (Wildman–Crippen MR) is 133 cm³/mol. The average Bonchev–Trinajstić information content (AvgIpc) is 3.24. The molecule has 5 aromatic rings. The van der Waals surface area contributed by atoms with Gasteiger partial charge in [-0.1, -0.05) is 72.8 Å². The zero-order chi connectivity index (χ0) is 22.6. The van der Waals surface area contributed by atoms with Gasteiger partial charge in [-0.05, 0) is 36.6 Å². The standard InChI is InChI=1S/C28H26N4O/c1-20-19-30-32-27(18-25(31-28(20)32)24-14-8-9-15-26(24)33)29-17-16-23(21-10-4-2-5-11-21)22-12-6-3-7-13-22/h2-15,18-19,23,29,33H,16-17H2,1H3. The van der Waals surface area contributed by atoms with Gasteiger partial charge in [0.2, 0.25) is 0 Å². The summed E-state index contributed by atoms with van der Waals surface area (Å²) in [5.41, 5.74) is 5.79. The van der Waals surface area contributed by atoms with Crippen molar-refractivity contribution in [3.8, 4) is 17.0 Å². The van der Waals surface area contributed by atoms with Crippen molar-refractivity contribution in [1.82, 2.24) is 14.6 Å². The van der Waals surface area contributed by atoms with E-state index < -0.39 is 0 Å². The summed E-state index contributed by atoms with van der Waals surface area (Å²) in [6.45, 7) is 2.75. The van der Waals surface area contributed by atoms with E-state index in [0.717, 1.165) is 35.7 Å². The highest BCUT2D eigenvalue weighted by Gasteiger charge is 2.16. The molecule has 0 aliphatic rings. The third-order valence-corrected chi connectivity index (χ3v) is 5.97. The van der Waals surface area contributed by atoms with E-state index in [1.807, 2.05) is 41.9 Å². The molecule has 0 unspecified atom stereocenters. The molecule has 2 aromatic heterocycles. The van der Waals surface area contributed by atoms with Crippen molar-refractivity contribution in [2.75, 3.05) is 11.9 Å². The van der Waals surface area contributed by atoms with Crippen LogP contribution in [0.2, 0.25) is 0 Å². The second-order valence-corrected chi connectivity index (χ2v) is 8.20. The third kappa shape index (κ3) is 4.30. The first kappa shape index (κ1) is 20.8. The van der Waals surface area contributed by atoms with Crippen LogP contribution in [0.4, 0.5) is 5.82 Å². The van der Waals surface area contributed by atoms with E-state index in [1.165, 1.54) is 11.1 Å². The monoisotopic (exact) mass is 434 g/mol. The molecule has 2 N–H and O–H groups in total. The summed E-state index contributed by atoms with van der Waals surface area (Å²) in [5.74, 6) is 1.35. The van der Waals surface area contributed by atoms with Gasteiger partial charge in [-0.2, -0.15) is 9.61 Å². The molecule has 3 aromatic carbocycles. The van der Waals surface area contributed by atoms with E-state index in [1.54, 1.807) is 6.07 Å². The molecule has 0 bridgehead atoms. The van der Waals surface area contributed by atoms with Crippen LogP contribution in [-0.2, 0) is 0 Å². The Morgan fingerprint density at radius 1 is 0.879 bits per heavy atom. The molecule has 0 aliphatic carbocycles. The molecule has 5 heteroatoms. The quantitative estimate of drug-likeness (QED) is 0.328. The Morgan fingerprint density at radius 3 is 2.18 bits per heavy atom. The Bertz CT molecular complexity index is 1320. The number of hydrogen-bond donors (Lipinski definition) is 2. The number of aromatic hydroxyl groups is 1. The van der Waals surface area contributed by atoms with E-state index in [2.05, 4.69) is 71.1 Å². The van der Waals surface area contributed by atoms with Gasteiger partial charge >= 0.3 is 0 Å². The Hall–Kier alpha value is -4.12. The maximum Gasteiger partial charge on any atom is 0.160 e. The van der Waals surface area contributed by atoms with Crippen molar-refractivity contribution in [3.63, 3.8) is 0 Å². The highest BCUT2D eigenvalue weighted by molar-refractivity contribution is 5.72. The van der Waals surface area contributed by atoms with Crippen LogP contribution >= 0.6 is 0 Å². The van der Waals surface area contributed by atoms with Gasteiger partial charge in [-0.15, -0.1) is 0 Å². The second kappa shape index (κ2) is 9.17. The fourth-order valence-corrected chi connectivity index (χ4v) is 4.27. The highest BCUT2D eigenvalue weighted by atomic mass is 16.3. The van der Waals surface area contributed by atoms with Gasteiger partial charge in [0.1, 0.15) is 11.6 Å². The van der Waals surface area contributed by atoms with Gasteiger partial charge in [-0.25, -0.2) is 4.98 Å². The summed E-state index contributed by atoms with van der Waals surface area (Å²) < 4.78 is 1.83. The Balaban J connectivity index is 1.45. The summed E-state index contributed by atoms with van der Waals surface area (Å²) in [6, 6.07) is 30.5.